The molecule has 0 saturated carbocycles. The molecule has 0 atom stereocenters. The van der Waals surface area contributed by atoms with E-state index in [1.165, 1.54) is 6.07 Å². The minimum atomic E-state index is -4.49. The van der Waals surface area contributed by atoms with Gasteiger partial charge in [0.05, 0.1) is 5.56 Å². The van der Waals surface area contributed by atoms with Gasteiger partial charge in [-0.1, -0.05) is 25.5 Å². The predicted octanol–water partition coefficient (Wildman–Crippen LogP) is 4.42. The van der Waals surface area contributed by atoms with Gasteiger partial charge in [0.1, 0.15) is 17.0 Å². The average Bonchev–Trinajstić information content (AvgIpc) is 2.46. The third-order valence-corrected chi connectivity index (χ3v) is 3.08. The molecule has 0 amide bonds. The molecule has 5 heteroatoms. The Kier molecular flexibility index (Phi) is 4.37. The van der Waals surface area contributed by atoms with Crippen molar-refractivity contribution in [3.05, 3.63) is 47.7 Å². The van der Waals surface area contributed by atoms with Crippen LogP contribution in [0.25, 0.3) is 11.3 Å². The molecule has 0 saturated heterocycles. The summed E-state index contributed by atoms with van der Waals surface area (Å²) in [5, 5.41) is 9.85. The van der Waals surface area contributed by atoms with Crippen molar-refractivity contribution in [1.29, 1.82) is 0 Å². The molecule has 0 unspecified atom stereocenters. The van der Waals surface area contributed by atoms with Crippen molar-refractivity contribution in [3.8, 4) is 17.0 Å². The molecule has 1 aromatic heterocycles. The van der Waals surface area contributed by atoms with E-state index in [9.17, 15) is 18.3 Å². The highest BCUT2D eigenvalue weighted by atomic mass is 19.4. The van der Waals surface area contributed by atoms with E-state index in [0.29, 0.717) is 11.8 Å². The van der Waals surface area contributed by atoms with E-state index in [1.807, 2.05) is 6.07 Å². The van der Waals surface area contributed by atoms with Crippen LogP contribution in [0.2, 0.25) is 0 Å². The zero-order valence-electron chi connectivity index (χ0n) is 11.5. The molecule has 0 spiro atoms. The zero-order chi connectivity index (χ0) is 15.5. The van der Waals surface area contributed by atoms with E-state index in [-0.39, 0.29) is 11.4 Å². The first-order chi connectivity index (χ1) is 9.91. The van der Waals surface area contributed by atoms with E-state index >= 15 is 0 Å². The van der Waals surface area contributed by atoms with Gasteiger partial charge in [-0.15, -0.1) is 0 Å². The quantitative estimate of drug-likeness (QED) is 0.905. The number of hydrogen-bond acceptors (Lipinski definition) is 2. The van der Waals surface area contributed by atoms with E-state index in [4.69, 9.17) is 0 Å². The fourth-order valence-corrected chi connectivity index (χ4v) is 1.91. The average molecular weight is 293 g/mol. The van der Waals surface area contributed by atoms with Crippen molar-refractivity contribution in [2.45, 2.75) is 32.4 Å². The molecule has 0 fully saturated rings. The number of aromatic hydroxyl groups is 1. The van der Waals surface area contributed by atoms with Gasteiger partial charge in [0.15, 0.2) is 0 Å². The minimum absolute atomic E-state index is 0.0350. The Morgan fingerprint density at radius 1 is 1.24 bits per heavy atom. The highest BCUT2D eigenvalue weighted by Gasteiger charge is 2.31. The summed E-state index contributed by atoms with van der Waals surface area (Å²) in [6.45, 7) is 2.07. The molecule has 0 aliphatic rings. The van der Waals surface area contributed by atoms with Gasteiger partial charge in [-0.2, -0.15) is 13.2 Å². The summed E-state index contributed by atoms with van der Waals surface area (Å²) < 4.78 is 37.4. The number of benzene rings is 1. The molecule has 1 heterocycles. The number of rotatable bonds is 4. The molecule has 0 aliphatic heterocycles. The first-order valence-corrected chi connectivity index (χ1v) is 6.61. The SMILES string of the molecule is CCCCc1ccc(O)c(-c2c#cc(C(F)(F)F)cn2)c1. The highest BCUT2D eigenvalue weighted by molar-refractivity contribution is 5.66. The third kappa shape index (κ3) is 3.66. The van der Waals surface area contributed by atoms with Crippen LogP contribution in [-0.2, 0) is 12.6 Å². The van der Waals surface area contributed by atoms with Crippen molar-refractivity contribution in [1.82, 2.24) is 4.98 Å². The number of hydrogen-bond donors (Lipinski definition) is 1. The number of aryl methyl sites for hydroxylation is 1. The second-order valence-electron chi connectivity index (χ2n) is 4.72. The molecule has 0 radical (unpaired) electrons. The molecule has 2 aromatic rings. The predicted molar refractivity (Wildman–Crippen MR) is 72.6 cm³/mol. The molecule has 110 valence electrons. The monoisotopic (exact) mass is 293 g/mol. The number of aromatic nitrogens is 1. The lowest BCUT2D eigenvalue weighted by Crippen LogP contribution is -2.04. The van der Waals surface area contributed by atoms with Crippen LogP contribution in [0.1, 0.15) is 30.9 Å². The maximum absolute atomic E-state index is 12.5. The Hall–Kier alpha value is -2.22. The van der Waals surface area contributed by atoms with Gasteiger partial charge >= 0.3 is 6.18 Å². The maximum atomic E-state index is 12.5. The van der Waals surface area contributed by atoms with Gasteiger partial charge in [-0.05, 0) is 36.6 Å². The second kappa shape index (κ2) is 6.04. The fraction of sp³-hybridized carbons (Fsp3) is 0.312. The lowest BCUT2D eigenvalue weighted by Gasteiger charge is -2.07. The number of phenolic OH excluding ortho intramolecular Hbond substituents is 1. The number of unbranched alkanes of at least 4 members (excludes halogenated alkanes) is 1. The van der Waals surface area contributed by atoms with Gasteiger partial charge in [-0.25, -0.2) is 4.98 Å². The van der Waals surface area contributed by atoms with Gasteiger partial charge in [0.25, 0.3) is 0 Å². The highest BCUT2D eigenvalue weighted by Crippen LogP contribution is 2.30. The van der Waals surface area contributed by atoms with Crippen LogP contribution >= 0.6 is 0 Å². The summed E-state index contributed by atoms with van der Waals surface area (Å²) in [6.07, 6.45) is -0.916. The van der Waals surface area contributed by atoms with Crippen molar-refractivity contribution in [3.63, 3.8) is 0 Å². The van der Waals surface area contributed by atoms with Crippen molar-refractivity contribution < 1.29 is 18.3 Å². The Morgan fingerprint density at radius 3 is 2.57 bits per heavy atom. The van der Waals surface area contributed by atoms with Crippen LogP contribution in [0.15, 0.2) is 24.4 Å². The van der Waals surface area contributed by atoms with Crippen molar-refractivity contribution >= 4 is 0 Å². The molecule has 21 heavy (non-hydrogen) atoms. The van der Waals surface area contributed by atoms with Crippen molar-refractivity contribution in [2.75, 3.05) is 0 Å². The first kappa shape index (κ1) is 15.2. The van der Waals surface area contributed by atoms with Gasteiger partial charge < -0.3 is 5.11 Å². The first-order valence-electron chi connectivity index (χ1n) is 6.61. The Balaban J connectivity index is 2.32. The summed E-state index contributed by atoms with van der Waals surface area (Å²) >= 11 is 0. The van der Waals surface area contributed by atoms with Crippen LogP contribution < -0.4 is 0 Å². The van der Waals surface area contributed by atoms with Crippen molar-refractivity contribution in [2.24, 2.45) is 0 Å². The lowest BCUT2D eigenvalue weighted by molar-refractivity contribution is -0.137. The van der Waals surface area contributed by atoms with Crippen LogP contribution in [0.3, 0.4) is 0 Å². The van der Waals surface area contributed by atoms with Gasteiger partial charge in [0.2, 0.25) is 0 Å². The normalized spacial score (nSPS) is 11.2. The zero-order valence-corrected chi connectivity index (χ0v) is 11.5. The number of alkyl halides is 3. The Labute approximate surface area is 121 Å². The maximum Gasteiger partial charge on any atom is 0.425 e. The molecule has 1 N–H and O–H groups in total. The topological polar surface area (TPSA) is 33.1 Å². The molecular weight excluding hydrogens is 279 g/mol. The van der Waals surface area contributed by atoms with Crippen LogP contribution in [-0.4, -0.2) is 10.1 Å². The Morgan fingerprint density at radius 2 is 2.00 bits per heavy atom. The molecule has 0 bridgehead atoms. The van der Waals surface area contributed by atoms with E-state index < -0.39 is 11.7 Å². The van der Waals surface area contributed by atoms with E-state index in [1.54, 1.807) is 12.1 Å². The van der Waals surface area contributed by atoms with Gasteiger partial charge in [-0.3, -0.25) is 0 Å². The van der Waals surface area contributed by atoms with E-state index in [0.717, 1.165) is 24.8 Å². The third-order valence-electron chi connectivity index (χ3n) is 3.08. The molecule has 0 aliphatic carbocycles. The number of phenols is 1. The summed E-state index contributed by atoms with van der Waals surface area (Å²) in [7, 11) is 0. The minimum Gasteiger partial charge on any atom is -0.507 e. The van der Waals surface area contributed by atoms with Crippen LogP contribution in [0.4, 0.5) is 13.2 Å². The summed E-state index contributed by atoms with van der Waals surface area (Å²) in [4.78, 5) is 3.73. The molecule has 2 nitrogen and oxygen atoms in total. The Bertz CT molecular complexity index is 606. The number of nitrogens with zero attached hydrogens (tertiary/aromatic N) is 1. The molecule has 1 aromatic carbocycles. The van der Waals surface area contributed by atoms with Gasteiger partial charge in [0, 0.05) is 6.20 Å². The summed E-state index contributed by atoms with van der Waals surface area (Å²) in [5.74, 6) is -0.0350. The summed E-state index contributed by atoms with van der Waals surface area (Å²) in [5.41, 5.74) is 0.542. The molecular formula is C16H14F3NO. The molecule has 2 rings (SSSR count). The van der Waals surface area contributed by atoms with E-state index in [2.05, 4.69) is 18.0 Å². The smallest absolute Gasteiger partial charge is 0.425 e. The number of halogens is 3. The largest absolute Gasteiger partial charge is 0.507 e. The fourth-order valence-electron chi connectivity index (χ4n) is 1.91. The lowest BCUT2D eigenvalue weighted by atomic mass is 10.0. The van der Waals surface area contributed by atoms with Crippen LogP contribution in [0.5, 0.6) is 5.75 Å². The summed E-state index contributed by atoms with van der Waals surface area (Å²) in [6, 6.07) is 9.45. The second-order valence-corrected chi connectivity index (χ2v) is 4.72. The van der Waals surface area contributed by atoms with Crippen LogP contribution in [0, 0.1) is 12.1 Å². The standard InChI is InChI=1S/C16H14F3NO/c1-2-3-4-11-5-8-15(21)13(9-11)14-7-6-12(10-20-14)16(17,18)19/h5,8-10,21H,2-4H2,1H3.